The molecule has 0 aliphatic heterocycles. The van der Waals surface area contributed by atoms with Crippen molar-refractivity contribution in [2.45, 2.75) is 13.0 Å². The molecule has 0 spiro atoms. The van der Waals surface area contributed by atoms with Gasteiger partial charge in [-0.1, -0.05) is 5.92 Å². The van der Waals surface area contributed by atoms with Gasteiger partial charge in [-0.05, 0) is 31.2 Å². The van der Waals surface area contributed by atoms with Gasteiger partial charge in [0.2, 0.25) is 0 Å². The molecule has 19 heavy (non-hydrogen) atoms. The summed E-state index contributed by atoms with van der Waals surface area (Å²) in [6.07, 6.45) is 5.15. The third-order valence-corrected chi connectivity index (χ3v) is 2.29. The Balaban J connectivity index is 2.94. The van der Waals surface area contributed by atoms with Crippen LogP contribution in [0.1, 0.15) is 6.92 Å². The van der Waals surface area contributed by atoms with Gasteiger partial charge in [0.1, 0.15) is 12.3 Å². The number of hydrogen-bond acceptors (Lipinski definition) is 3. The molecule has 0 aliphatic rings. The van der Waals surface area contributed by atoms with Crippen molar-refractivity contribution in [2.24, 2.45) is 0 Å². The highest BCUT2D eigenvalue weighted by Gasteiger charge is 2.19. The lowest BCUT2D eigenvalue weighted by Crippen LogP contribution is -2.45. The Morgan fingerprint density at radius 2 is 2.00 bits per heavy atom. The number of aromatic hydroxyl groups is 1. The van der Waals surface area contributed by atoms with E-state index in [2.05, 4.69) is 11.2 Å². The monoisotopic (exact) mass is 262 g/mol. The number of carboxylic acid groups (broad SMARTS) is 1. The highest BCUT2D eigenvalue weighted by molar-refractivity contribution is 5.96. The molecule has 1 atom stereocenters. The van der Waals surface area contributed by atoms with Crippen LogP contribution in [0.4, 0.5) is 10.5 Å². The molecule has 6 heteroatoms. The van der Waals surface area contributed by atoms with Gasteiger partial charge in [0.05, 0.1) is 6.04 Å². The summed E-state index contributed by atoms with van der Waals surface area (Å²) in [7, 11) is 0. The number of nitrogens with zero attached hydrogens (tertiary/aromatic N) is 1. The van der Waals surface area contributed by atoms with Crippen molar-refractivity contribution in [3.8, 4) is 18.1 Å². The second-order valence-electron chi connectivity index (χ2n) is 3.83. The molecule has 0 saturated carbocycles. The SMILES string of the molecule is C#CC(C)NC(=O)N(CC(=O)O)c1ccc(O)cc1. The molecule has 3 N–H and O–H groups in total. The van der Waals surface area contributed by atoms with Crippen LogP contribution in [0.25, 0.3) is 0 Å². The molecule has 0 saturated heterocycles. The number of hydrogen-bond donors (Lipinski definition) is 3. The summed E-state index contributed by atoms with van der Waals surface area (Å²) in [5, 5.41) is 20.5. The van der Waals surface area contributed by atoms with E-state index in [1.165, 1.54) is 24.3 Å². The lowest BCUT2D eigenvalue weighted by Gasteiger charge is -2.22. The summed E-state index contributed by atoms with van der Waals surface area (Å²) in [6, 6.07) is 4.49. The minimum Gasteiger partial charge on any atom is -0.508 e. The number of phenols is 1. The molecular formula is C13H14N2O4. The van der Waals surface area contributed by atoms with Crippen molar-refractivity contribution in [2.75, 3.05) is 11.4 Å². The Morgan fingerprint density at radius 3 is 2.47 bits per heavy atom. The molecule has 0 radical (unpaired) electrons. The van der Waals surface area contributed by atoms with Crippen LogP contribution in [0.3, 0.4) is 0 Å². The minimum absolute atomic E-state index is 0.0245. The molecule has 1 rings (SSSR count). The van der Waals surface area contributed by atoms with Gasteiger partial charge in [-0.3, -0.25) is 9.69 Å². The second kappa shape index (κ2) is 6.31. The van der Waals surface area contributed by atoms with Gasteiger partial charge >= 0.3 is 12.0 Å². The highest BCUT2D eigenvalue weighted by atomic mass is 16.4. The maximum absolute atomic E-state index is 11.9. The highest BCUT2D eigenvalue weighted by Crippen LogP contribution is 2.18. The van der Waals surface area contributed by atoms with Crippen molar-refractivity contribution in [1.29, 1.82) is 0 Å². The quantitative estimate of drug-likeness (QED) is 0.706. The number of urea groups is 1. The standard InChI is InChI=1S/C13H14N2O4/c1-3-9(2)14-13(19)15(8-12(17)18)10-4-6-11(16)7-5-10/h1,4-7,9,16H,8H2,2H3,(H,14,19)(H,17,18). The average molecular weight is 262 g/mol. The molecule has 1 aromatic carbocycles. The molecule has 100 valence electrons. The van der Waals surface area contributed by atoms with E-state index in [4.69, 9.17) is 11.5 Å². The molecule has 1 unspecified atom stereocenters. The molecule has 6 nitrogen and oxygen atoms in total. The van der Waals surface area contributed by atoms with E-state index in [-0.39, 0.29) is 5.75 Å². The van der Waals surface area contributed by atoms with Gasteiger partial charge in [0.25, 0.3) is 0 Å². The third-order valence-electron chi connectivity index (χ3n) is 2.29. The number of carboxylic acids is 1. The zero-order valence-corrected chi connectivity index (χ0v) is 10.3. The number of benzene rings is 1. The maximum atomic E-state index is 11.9. The van der Waals surface area contributed by atoms with E-state index in [0.717, 1.165) is 4.90 Å². The number of carbonyl (C=O) groups excluding carboxylic acids is 1. The van der Waals surface area contributed by atoms with E-state index in [9.17, 15) is 14.7 Å². The van der Waals surface area contributed by atoms with Crippen LogP contribution >= 0.6 is 0 Å². The van der Waals surface area contributed by atoms with Crippen LogP contribution in [0.5, 0.6) is 5.75 Å². The van der Waals surface area contributed by atoms with Gasteiger partial charge in [-0.25, -0.2) is 4.79 Å². The molecule has 0 heterocycles. The predicted molar refractivity (Wildman–Crippen MR) is 69.9 cm³/mol. The van der Waals surface area contributed by atoms with Crippen LogP contribution < -0.4 is 10.2 Å². The van der Waals surface area contributed by atoms with Crippen LogP contribution in [0, 0.1) is 12.3 Å². The summed E-state index contributed by atoms with van der Waals surface area (Å²) in [4.78, 5) is 23.7. The molecular weight excluding hydrogens is 248 g/mol. The topological polar surface area (TPSA) is 89.9 Å². The predicted octanol–water partition coefficient (Wildman–Crippen LogP) is 1.01. The Bertz CT molecular complexity index is 504. The van der Waals surface area contributed by atoms with E-state index < -0.39 is 24.6 Å². The van der Waals surface area contributed by atoms with Crippen molar-refractivity contribution >= 4 is 17.7 Å². The van der Waals surface area contributed by atoms with Crippen LogP contribution in [-0.4, -0.2) is 34.8 Å². The molecule has 0 aliphatic carbocycles. The van der Waals surface area contributed by atoms with Crippen LogP contribution in [-0.2, 0) is 4.79 Å². The first-order valence-corrected chi connectivity index (χ1v) is 5.49. The molecule has 1 aromatic rings. The molecule has 0 bridgehead atoms. The summed E-state index contributed by atoms with van der Waals surface area (Å²) in [5.41, 5.74) is 0.349. The number of aliphatic carboxylic acids is 1. The number of phenolic OH excluding ortho intramolecular Hbond substituents is 1. The fourth-order valence-corrected chi connectivity index (χ4v) is 1.35. The first-order chi connectivity index (χ1) is 8.93. The number of anilines is 1. The van der Waals surface area contributed by atoms with Crippen LogP contribution in [0.15, 0.2) is 24.3 Å². The number of terminal acetylenes is 1. The third kappa shape index (κ3) is 4.24. The first kappa shape index (κ1) is 14.4. The van der Waals surface area contributed by atoms with Gasteiger partial charge < -0.3 is 15.5 Å². The minimum atomic E-state index is -1.16. The van der Waals surface area contributed by atoms with Gasteiger partial charge in [0.15, 0.2) is 0 Å². The van der Waals surface area contributed by atoms with E-state index in [0.29, 0.717) is 5.69 Å². The van der Waals surface area contributed by atoms with E-state index in [1.54, 1.807) is 6.92 Å². The Labute approximate surface area is 110 Å². The molecule has 0 fully saturated rings. The first-order valence-electron chi connectivity index (χ1n) is 5.49. The van der Waals surface area contributed by atoms with Gasteiger partial charge in [0, 0.05) is 5.69 Å². The zero-order valence-electron chi connectivity index (χ0n) is 10.3. The van der Waals surface area contributed by atoms with Crippen molar-refractivity contribution in [3.63, 3.8) is 0 Å². The van der Waals surface area contributed by atoms with Crippen molar-refractivity contribution in [1.82, 2.24) is 5.32 Å². The summed E-state index contributed by atoms with van der Waals surface area (Å²) in [6.45, 7) is 1.10. The zero-order chi connectivity index (χ0) is 14.4. The number of rotatable bonds is 4. The van der Waals surface area contributed by atoms with Gasteiger partial charge in [-0.2, -0.15) is 0 Å². The average Bonchev–Trinajstić information content (AvgIpc) is 2.36. The van der Waals surface area contributed by atoms with Gasteiger partial charge in [-0.15, -0.1) is 6.42 Å². The van der Waals surface area contributed by atoms with E-state index >= 15 is 0 Å². The Hall–Kier alpha value is -2.68. The largest absolute Gasteiger partial charge is 0.508 e. The smallest absolute Gasteiger partial charge is 0.323 e. The summed E-state index contributed by atoms with van der Waals surface area (Å²) < 4.78 is 0. The van der Waals surface area contributed by atoms with Crippen molar-refractivity contribution < 1.29 is 19.8 Å². The normalized spacial score (nSPS) is 11.2. The Kier molecular flexibility index (Phi) is 4.77. The fraction of sp³-hybridized carbons (Fsp3) is 0.231. The summed E-state index contributed by atoms with van der Waals surface area (Å²) >= 11 is 0. The summed E-state index contributed by atoms with van der Waals surface area (Å²) in [5.74, 6) is 1.19. The lowest BCUT2D eigenvalue weighted by molar-refractivity contribution is -0.135. The maximum Gasteiger partial charge on any atom is 0.323 e. The Morgan fingerprint density at radius 1 is 1.42 bits per heavy atom. The van der Waals surface area contributed by atoms with Crippen molar-refractivity contribution in [3.05, 3.63) is 24.3 Å². The lowest BCUT2D eigenvalue weighted by atomic mass is 10.2. The molecule has 0 aromatic heterocycles. The van der Waals surface area contributed by atoms with E-state index in [1.807, 2.05) is 0 Å². The number of nitrogens with one attached hydrogen (secondary N) is 1. The fourth-order valence-electron chi connectivity index (χ4n) is 1.35. The second-order valence-corrected chi connectivity index (χ2v) is 3.83. The number of amides is 2. The number of carbonyl (C=O) groups is 2. The van der Waals surface area contributed by atoms with Crippen LogP contribution in [0.2, 0.25) is 0 Å². The molecule has 2 amide bonds.